The van der Waals surface area contributed by atoms with Gasteiger partial charge in [-0.2, -0.15) is 0 Å². The summed E-state index contributed by atoms with van der Waals surface area (Å²) in [6, 6.07) is 4.29. The SMILES string of the molecule is CC(C)(Oc1cc(F)c(F)cc1F)C(=O)NC1CC2CCC(C1)N2c1ccc(S(C)(=O)=O)cn1. The molecule has 0 spiro atoms. The standard InChI is InChI=1S/C23H26F3N3O4S/c1-23(2,33-20-11-18(25)17(24)10-19(20)26)22(30)28-13-8-14-4-5-15(9-13)29(14)21-7-6-16(12-27-21)34(3,31)32/h6-7,10-15H,4-5,8-9H2,1-3H3,(H,28,30). The molecular weight excluding hydrogens is 471 g/mol. The summed E-state index contributed by atoms with van der Waals surface area (Å²) in [6.45, 7) is 2.86. The molecule has 2 aliphatic heterocycles. The lowest BCUT2D eigenvalue weighted by atomic mass is 9.96. The van der Waals surface area contributed by atoms with E-state index in [1.807, 2.05) is 0 Å². The number of pyridine rings is 1. The van der Waals surface area contributed by atoms with E-state index in [0.29, 0.717) is 30.8 Å². The van der Waals surface area contributed by atoms with Gasteiger partial charge in [0.25, 0.3) is 5.91 Å². The minimum absolute atomic E-state index is 0.119. The number of anilines is 1. The van der Waals surface area contributed by atoms with E-state index in [9.17, 15) is 26.4 Å². The number of rotatable bonds is 6. The fraction of sp³-hybridized carbons (Fsp3) is 0.478. The predicted molar refractivity (Wildman–Crippen MR) is 119 cm³/mol. The fourth-order valence-electron chi connectivity index (χ4n) is 4.68. The van der Waals surface area contributed by atoms with E-state index < -0.39 is 44.5 Å². The number of aromatic nitrogens is 1. The minimum atomic E-state index is -3.33. The summed E-state index contributed by atoms with van der Waals surface area (Å²) in [7, 11) is -3.33. The van der Waals surface area contributed by atoms with Crippen LogP contribution < -0.4 is 15.0 Å². The maximum Gasteiger partial charge on any atom is 0.263 e. The largest absolute Gasteiger partial charge is 0.475 e. The number of piperidine rings is 1. The number of halogens is 3. The zero-order valence-corrected chi connectivity index (χ0v) is 19.8. The van der Waals surface area contributed by atoms with Crippen molar-refractivity contribution in [2.75, 3.05) is 11.2 Å². The molecule has 0 aliphatic carbocycles. The van der Waals surface area contributed by atoms with Crippen LogP contribution >= 0.6 is 0 Å². The summed E-state index contributed by atoms with van der Waals surface area (Å²) in [4.78, 5) is 19.6. The monoisotopic (exact) mass is 497 g/mol. The van der Waals surface area contributed by atoms with Crippen molar-refractivity contribution in [2.24, 2.45) is 0 Å². The van der Waals surface area contributed by atoms with Gasteiger partial charge in [0, 0.05) is 42.7 Å². The zero-order chi connectivity index (χ0) is 24.8. The molecule has 2 unspecified atom stereocenters. The molecule has 3 heterocycles. The normalized spacial score (nSPS) is 22.5. The second kappa shape index (κ2) is 8.75. The molecule has 1 aromatic carbocycles. The number of benzene rings is 1. The van der Waals surface area contributed by atoms with Crippen LogP contribution in [0, 0.1) is 17.5 Å². The van der Waals surface area contributed by atoms with Crippen molar-refractivity contribution in [3.63, 3.8) is 0 Å². The van der Waals surface area contributed by atoms with Gasteiger partial charge >= 0.3 is 0 Å². The van der Waals surface area contributed by atoms with Gasteiger partial charge in [-0.25, -0.2) is 26.6 Å². The molecule has 11 heteroatoms. The minimum Gasteiger partial charge on any atom is -0.475 e. The van der Waals surface area contributed by atoms with Gasteiger partial charge in [0.1, 0.15) is 5.82 Å². The van der Waals surface area contributed by atoms with Crippen LogP contribution in [0.15, 0.2) is 35.4 Å². The van der Waals surface area contributed by atoms with Gasteiger partial charge in [0.05, 0.1) is 4.90 Å². The number of nitrogens with zero attached hydrogens (tertiary/aromatic N) is 2. The van der Waals surface area contributed by atoms with Crippen LogP contribution in [0.5, 0.6) is 5.75 Å². The van der Waals surface area contributed by atoms with Crippen molar-refractivity contribution >= 4 is 21.6 Å². The van der Waals surface area contributed by atoms with E-state index in [2.05, 4.69) is 15.2 Å². The van der Waals surface area contributed by atoms with Crippen molar-refractivity contribution < 1.29 is 31.1 Å². The lowest BCUT2D eigenvalue weighted by Crippen LogP contribution is -2.55. The average molecular weight is 498 g/mol. The van der Waals surface area contributed by atoms with E-state index in [1.165, 1.54) is 20.0 Å². The molecule has 2 saturated heterocycles. The van der Waals surface area contributed by atoms with Gasteiger partial charge < -0.3 is 15.0 Å². The molecular formula is C23H26F3N3O4S. The molecule has 0 radical (unpaired) electrons. The molecule has 2 fully saturated rings. The molecule has 1 amide bonds. The van der Waals surface area contributed by atoms with Crippen LogP contribution in [0.4, 0.5) is 19.0 Å². The second-order valence-electron chi connectivity index (χ2n) is 9.37. The van der Waals surface area contributed by atoms with Crippen LogP contribution in [0.1, 0.15) is 39.5 Å². The van der Waals surface area contributed by atoms with Gasteiger partial charge in [-0.15, -0.1) is 0 Å². The lowest BCUT2D eigenvalue weighted by molar-refractivity contribution is -0.135. The number of sulfone groups is 1. The van der Waals surface area contributed by atoms with E-state index in [-0.39, 0.29) is 23.0 Å². The van der Waals surface area contributed by atoms with Gasteiger partial charge in [-0.05, 0) is 51.7 Å². The summed E-state index contributed by atoms with van der Waals surface area (Å²) < 4.78 is 69.5. The number of hydrogen-bond acceptors (Lipinski definition) is 6. The summed E-state index contributed by atoms with van der Waals surface area (Å²) in [5, 5.41) is 2.95. The molecule has 2 atom stereocenters. The molecule has 2 aliphatic rings. The topological polar surface area (TPSA) is 88.6 Å². The highest BCUT2D eigenvalue weighted by atomic mass is 32.2. The Morgan fingerprint density at radius 2 is 1.71 bits per heavy atom. The first-order chi connectivity index (χ1) is 15.8. The quantitative estimate of drug-likeness (QED) is 0.616. The number of hydrogen-bond donors (Lipinski definition) is 1. The summed E-state index contributed by atoms with van der Waals surface area (Å²) in [5.41, 5.74) is -1.52. The Labute approximate surface area is 196 Å². The Hall–Kier alpha value is -2.82. The molecule has 2 bridgehead atoms. The van der Waals surface area contributed by atoms with Crippen molar-refractivity contribution in [2.45, 2.75) is 68.2 Å². The Morgan fingerprint density at radius 1 is 1.09 bits per heavy atom. The van der Waals surface area contributed by atoms with Crippen LogP contribution in [-0.4, -0.2) is 49.3 Å². The van der Waals surface area contributed by atoms with Crippen molar-refractivity contribution in [3.8, 4) is 5.75 Å². The Kier molecular flexibility index (Phi) is 6.26. The molecule has 184 valence electrons. The van der Waals surface area contributed by atoms with Crippen LogP contribution in [0.25, 0.3) is 0 Å². The molecule has 1 aromatic heterocycles. The number of carbonyl (C=O) groups excluding carboxylic acids is 1. The van der Waals surface area contributed by atoms with Crippen LogP contribution in [0.3, 0.4) is 0 Å². The first kappa shape index (κ1) is 24.3. The van der Waals surface area contributed by atoms with Gasteiger partial charge in [-0.3, -0.25) is 4.79 Å². The molecule has 7 nitrogen and oxygen atoms in total. The maximum atomic E-state index is 14.0. The highest BCUT2D eigenvalue weighted by molar-refractivity contribution is 7.90. The van der Waals surface area contributed by atoms with E-state index in [0.717, 1.165) is 19.1 Å². The first-order valence-electron chi connectivity index (χ1n) is 10.9. The Bertz CT molecular complexity index is 1190. The highest BCUT2D eigenvalue weighted by Crippen LogP contribution is 2.39. The highest BCUT2D eigenvalue weighted by Gasteiger charge is 2.43. The molecule has 0 saturated carbocycles. The molecule has 34 heavy (non-hydrogen) atoms. The number of fused-ring (bicyclic) bond motifs is 2. The third-order valence-electron chi connectivity index (χ3n) is 6.37. The Morgan fingerprint density at radius 3 is 2.26 bits per heavy atom. The summed E-state index contributed by atoms with van der Waals surface area (Å²) in [6.07, 6.45) is 5.60. The maximum absolute atomic E-state index is 14.0. The van der Waals surface area contributed by atoms with Crippen LogP contribution in [0.2, 0.25) is 0 Å². The number of ether oxygens (including phenoxy) is 1. The number of carbonyl (C=O) groups is 1. The zero-order valence-electron chi connectivity index (χ0n) is 19.0. The first-order valence-corrected chi connectivity index (χ1v) is 12.8. The fourth-order valence-corrected chi connectivity index (χ4v) is 5.24. The average Bonchev–Trinajstić information content (AvgIpc) is 3.01. The lowest BCUT2D eigenvalue weighted by Gasteiger charge is -2.40. The third-order valence-corrected chi connectivity index (χ3v) is 7.47. The van der Waals surface area contributed by atoms with Gasteiger partial charge in [-0.1, -0.05) is 0 Å². The smallest absolute Gasteiger partial charge is 0.263 e. The van der Waals surface area contributed by atoms with Gasteiger partial charge in [0.2, 0.25) is 0 Å². The van der Waals surface area contributed by atoms with E-state index in [1.54, 1.807) is 12.1 Å². The van der Waals surface area contributed by atoms with E-state index >= 15 is 0 Å². The van der Waals surface area contributed by atoms with Crippen molar-refractivity contribution in [1.82, 2.24) is 10.3 Å². The molecule has 4 rings (SSSR count). The van der Waals surface area contributed by atoms with E-state index in [4.69, 9.17) is 4.74 Å². The summed E-state index contributed by atoms with van der Waals surface area (Å²) >= 11 is 0. The van der Waals surface area contributed by atoms with Crippen molar-refractivity contribution in [1.29, 1.82) is 0 Å². The predicted octanol–water partition coefficient (Wildman–Crippen LogP) is 3.38. The van der Waals surface area contributed by atoms with Crippen molar-refractivity contribution in [3.05, 3.63) is 47.9 Å². The second-order valence-corrected chi connectivity index (χ2v) is 11.4. The van der Waals surface area contributed by atoms with Gasteiger partial charge in [0.15, 0.2) is 38.6 Å². The van der Waals surface area contributed by atoms with Crippen LogP contribution in [-0.2, 0) is 14.6 Å². The molecule has 1 N–H and O–H groups in total. The number of nitrogens with one attached hydrogen (secondary N) is 1. The Balaban J connectivity index is 1.42. The summed E-state index contributed by atoms with van der Waals surface area (Å²) in [5.74, 6) is -4.05. The molecule has 2 aromatic rings. The third kappa shape index (κ3) is 4.84. The number of amides is 1.